The molecule has 5 N–H and O–H groups in total. The van der Waals surface area contributed by atoms with Crippen LogP contribution in [0.15, 0.2) is 64.1 Å². The summed E-state index contributed by atoms with van der Waals surface area (Å²) in [6, 6.07) is 14.3. The zero-order valence-electron chi connectivity index (χ0n) is 18.0. The maximum Gasteiger partial charge on any atom is 0.345 e. The summed E-state index contributed by atoms with van der Waals surface area (Å²) in [7, 11) is 0. The molecule has 2 aromatic carbocycles. The third-order valence-electron chi connectivity index (χ3n) is 4.50. The van der Waals surface area contributed by atoms with Crippen molar-refractivity contribution in [2.75, 3.05) is 6.61 Å². The van der Waals surface area contributed by atoms with Crippen LogP contribution >= 0.6 is 0 Å². The minimum absolute atomic E-state index is 0.0882. The van der Waals surface area contributed by atoms with Crippen molar-refractivity contribution in [1.82, 2.24) is 9.97 Å². The number of aryl methyl sites for hydroxylation is 2. The van der Waals surface area contributed by atoms with E-state index < -0.39 is 5.97 Å². The van der Waals surface area contributed by atoms with Crippen LogP contribution in [-0.2, 0) is 9.53 Å². The molecule has 1 aromatic heterocycles. The number of nitrogens with two attached hydrogens (primary N) is 2. The molecule has 0 aliphatic rings. The minimum Gasteiger partial charge on any atom is -0.506 e. The number of guanidine groups is 1. The topological polar surface area (TPSA) is 149 Å². The molecule has 0 saturated heterocycles. The molecule has 32 heavy (non-hydrogen) atoms. The molecular formula is C23H24N6O3. The fourth-order valence-electron chi connectivity index (χ4n) is 3.01. The second-order valence-corrected chi connectivity index (χ2v) is 6.91. The molecule has 0 saturated carbocycles. The van der Waals surface area contributed by atoms with E-state index in [1.165, 1.54) is 0 Å². The van der Waals surface area contributed by atoms with Crippen LogP contribution < -0.4 is 11.5 Å². The molecule has 0 spiro atoms. The summed E-state index contributed by atoms with van der Waals surface area (Å²) in [6.07, 6.45) is 0. The molecule has 0 bridgehead atoms. The van der Waals surface area contributed by atoms with Crippen molar-refractivity contribution in [2.24, 2.45) is 21.5 Å². The molecule has 9 nitrogen and oxygen atoms in total. The number of aromatic nitrogens is 2. The first kappa shape index (κ1) is 22.4. The van der Waals surface area contributed by atoms with E-state index in [9.17, 15) is 9.90 Å². The summed E-state index contributed by atoms with van der Waals surface area (Å²) in [5, 5.41) is 11.5. The van der Waals surface area contributed by atoms with Crippen molar-refractivity contribution in [3.05, 3.63) is 70.9 Å². The second-order valence-electron chi connectivity index (χ2n) is 6.91. The van der Waals surface area contributed by atoms with E-state index in [0.29, 0.717) is 5.56 Å². The summed E-state index contributed by atoms with van der Waals surface area (Å²) < 4.78 is 5.02. The molecule has 0 atom stereocenters. The Labute approximate surface area is 185 Å². The third-order valence-corrected chi connectivity index (χ3v) is 4.50. The Hall–Kier alpha value is -4.27. The Bertz CT molecular complexity index is 1250. The van der Waals surface area contributed by atoms with Crippen LogP contribution in [0.4, 0.5) is 5.95 Å². The standard InChI is InChI=1S/C23H24N6O3/c1-4-32-21(31)18(19(30)15-8-6-5-7-9-15)20(24)28-22(25)29-23-26-14(3)16-11-10-13(2)12-17(16)27-23/h5-12,30H,4H2,1-3H3,(H4,24,25,26,27,28,29). The predicted molar refractivity (Wildman–Crippen MR) is 125 cm³/mol. The summed E-state index contributed by atoms with van der Waals surface area (Å²) in [4.78, 5) is 29.3. The number of carbonyl (C=O) groups is 1. The maximum atomic E-state index is 12.5. The summed E-state index contributed by atoms with van der Waals surface area (Å²) in [5.74, 6) is -1.75. The van der Waals surface area contributed by atoms with Gasteiger partial charge in [-0.2, -0.15) is 9.98 Å². The van der Waals surface area contributed by atoms with E-state index in [4.69, 9.17) is 16.2 Å². The number of benzene rings is 2. The molecule has 3 aromatic rings. The summed E-state index contributed by atoms with van der Waals surface area (Å²) in [5.41, 5.74) is 14.5. The van der Waals surface area contributed by atoms with Crippen LogP contribution in [0.25, 0.3) is 16.7 Å². The third kappa shape index (κ3) is 5.07. The lowest BCUT2D eigenvalue weighted by Gasteiger charge is -2.10. The molecule has 0 amide bonds. The number of hydrogen-bond donors (Lipinski definition) is 3. The van der Waals surface area contributed by atoms with Crippen LogP contribution in [0, 0.1) is 13.8 Å². The summed E-state index contributed by atoms with van der Waals surface area (Å²) in [6.45, 7) is 5.53. The average molecular weight is 432 g/mol. The Morgan fingerprint density at radius 1 is 1.09 bits per heavy atom. The van der Waals surface area contributed by atoms with Gasteiger partial charge in [0.1, 0.15) is 17.2 Å². The van der Waals surface area contributed by atoms with Gasteiger partial charge in [0.2, 0.25) is 5.96 Å². The van der Waals surface area contributed by atoms with Gasteiger partial charge in [0, 0.05) is 10.9 Å². The van der Waals surface area contributed by atoms with Crippen molar-refractivity contribution >= 4 is 40.4 Å². The van der Waals surface area contributed by atoms with E-state index in [-0.39, 0.29) is 35.7 Å². The SMILES string of the molecule is CCOC(=O)C(C(N)=NC(N)=Nc1nc(C)c2ccc(C)cc2n1)=C(O)c1ccccc1. The fraction of sp³-hybridized carbons (Fsp3) is 0.174. The Morgan fingerprint density at radius 3 is 2.50 bits per heavy atom. The van der Waals surface area contributed by atoms with Crippen LogP contribution in [0.1, 0.15) is 23.7 Å². The lowest BCUT2D eigenvalue weighted by atomic mass is 10.1. The number of esters is 1. The maximum absolute atomic E-state index is 12.5. The quantitative estimate of drug-likeness (QED) is 0.184. The minimum atomic E-state index is -0.837. The van der Waals surface area contributed by atoms with Crippen molar-refractivity contribution in [3.8, 4) is 0 Å². The van der Waals surface area contributed by atoms with Gasteiger partial charge in [-0.25, -0.2) is 14.8 Å². The van der Waals surface area contributed by atoms with Gasteiger partial charge in [0.15, 0.2) is 0 Å². The van der Waals surface area contributed by atoms with Gasteiger partial charge in [-0.3, -0.25) is 0 Å². The predicted octanol–water partition coefficient (Wildman–Crippen LogP) is 3.08. The Morgan fingerprint density at radius 2 is 1.81 bits per heavy atom. The number of aliphatic imine (C=N–C) groups is 2. The molecule has 0 fully saturated rings. The van der Waals surface area contributed by atoms with E-state index in [0.717, 1.165) is 22.2 Å². The lowest BCUT2D eigenvalue weighted by Crippen LogP contribution is -2.27. The van der Waals surface area contributed by atoms with E-state index in [1.807, 2.05) is 32.0 Å². The molecule has 0 aliphatic heterocycles. The highest BCUT2D eigenvalue weighted by Gasteiger charge is 2.22. The van der Waals surface area contributed by atoms with Crippen molar-refractivity contribution in [3.63, 3.8) is 0 Å². The molecule has 0 aliphatic carbocycles. The van der Waals surface area contributed by atoms with Gasteiger partial charge in [0.05, 0.1) is 17.8 Å². The number of fused-ring (bicyclic) bond motifs is 1. The van der Waals surface area contributed by atoms with Crippen LogP contribution in [0.3, 0.4) is 0 Å². The second kappa shape index (κ2) is 9.69. The number of carbonyl (C=O) groups excluding carboxylic acids is 1. The number of ether oxygens (including phenoxy) is 1. The normalized spacial score (nSPS) is 13.1. The van der Waals surface area contributed by atoms with Gasteiger partial charge in [0.25, 0.3) is 5.95 Å². The molecule has 1 heterocycles. The lowest BCUT2D eigenvalue weighted by molar-refractivity contribution is -0.137. The van der Waals surface area contributed by atoms with Crippen molar-refractivity contribution in [1.29, 1.82) is 0 Å². The van der Waals surface area contributed by atoms with E-state index >= 15 is 0 Å². The number of amidine groups is 1. The first-order valence-electron chi connectivity index (χ1n) is 9.89. The molecule has 0 unspecified atom stereocenters. The van der Waals surface area contributed by atoms with Gasteiger partial charge < -0.3 is 21.3 Å². The number of hydrogen-bond acceptors (Lipinski definition) is 6. The highest BCUT2D eigenvalue weighted by Crippen LogP contribution is 2.20. The number of nitrogens with zero attached hydrogens (tertiary/aromatic N) is 4. The highest BCUT2D eigenvalue weighted by atomic mass is 16.5. The highest BCUT2D eigenvalue weighted by molar-refractivity contribution is 6.24. The monoisotopic (exact) mass is 432 g/mol. The Balaban J connectivity index is 2.03. The zero-order chi connectivity index (χ0) is 23.3. The number of rotatable bonds is 5. The summed E-state index contributed by atoms with van der Waals surface area (Å²) >= 11 is 0. The van der Waals surface area contributed by atoms with Crippen molar-refractivity contribution in [2.45, 2.75) is 20.8 Å². The Kier molecular flexibility index (Phi) is 6.79. The molecule has 9 heteroatoms. The van der Waals surface area contributed by atoms with E-state index in [2.05, 4.69) is 20.0 Å². The molecule has 164 valence electrons. The van der Waals surface area contributed by atoms with Gasteiger partial charge >= 0.3 is 5.97 Å². The van der Waals surface area contributed by atoms with Crippen LogP contribution in [0.5, 0.6) is 0 Å². The fourth-order valence-corrected chi connectivity index (χ4v) is 3.01. The molecule has 3 rings (SSSR count). The van der Waals surface area contributed by atoms with Crippen LogP contribution in [-0.4, -0.2) is 39.4 Å². The van der Waals surface area contributed by atoms with Gasteiger partial charge in [-0.15, -0.1) is 0 Å². The van der Waals surface area contributed by atoms with Crippen molar-refractivity contribution < 1.29 is 14.6 Å². The van der Waals surface area contributed by atoms with Gasteiger partial charge in [-0.05, 0) is 32.4 Å². The zero-order valence-corrected chi connectivity index (χ0v) is 18.0. The largest absolute Gasteiger partial charge is 0.506 e. The van der Waals surface area contributed by atoms with Crippen LogP contribution in [0.2, 0.25) is 0 Å². The first-order valence-corrected chi connectivity index (χ1v) is 9.89. The number of aliphatic hydroxyl groups excluding tert-OH is 1. The smallest absolute Gasteiger partial charge is 0.345 e. The average Bonchev–Trinajstić information content (AvgIpc) is 2.74. The molecule has 0 radical (unpaired) electrons. The number of aliphatic hydroxyl groups is 1. The molecular weight excluding hydrogens is 408 g/mol. The first-order chi connectivity index (χ1) is 15.3. The van der Waals surface area contributed by atoms with E-state index in [1.54, 1.807) is 37.3 Å². The van der Waals surface area contributed by atoms with Gasteiger partial charge in [-0.1, -0.05) is 42.5 Å².